The number of amides is 1. The van der Waals surface area contributed by atoms with Crippen molar-refractivity contribution in [3.63, 3.8) is 0 Å². The Morgan fingerprint density at radius 2 is 2.29 bits per heavy atom. The summed E-state index contributed by atoms with van der Waals surface area (Å²) in [5.74, 6) is 0.623. The van der Waals surface area contributed by atoms with E-state index in [1.165, 1.54) is 0 Å². The maximum Gasteiger partial charge on any atom is 0.251 e. The van der Waals surface area contributed by atoms with Gasteiger partial charge in [-0.1, -0.05) is 6.08 Å². The molecule has 0 saturated heterocycles. The molecule has 1 amide bonds. The van der Waals surface area contributed by atoms with Gasteiger partial charge in [0, 0.05) is 11.3 Å². The summed E-state index contributed by atoms with van der Waals surface area (Å²) in [6.45, 7) is 6.03. The molecule has 0 spiro atoms. The van der Waals surface area contributed by atoms with E-state index in [2.05, 4.69) is 22.1 Å². The van der Waals surface area contributed by atoms with Crippen molar-refractivity contribution in [2.75, 3.05) is 7.11 Å². The number of hydrogen-bond donors (Lipinski definition) is 2. The number of allylic oxidation sites excluding steroid dienone is 1. The minimum atomic E-state index is -0.136. The molecule has 0 aliphatic carbocycles. The molecule has 0 fully saturated rings. The number of methoxy groups -OCH3 is 1. The van der Waals surface area contributed by atoms with Gasteiger partial charge >= 0.3 is 0 Å². The number of H-pyrrole nitrogens is 1. The molecule has 2 N–H and O–H groups in total. The summed E-state index contributed by atoms with van der Waals surface area (Å²) in [5, 5.41) is 9.77. The first-order chi connectivity index (χ1) is 10.1. The summed E-state index contributed by atoms with van der Waals surface area (Å²) in [6, 6.07) is 7.27. The topological polar surface area (TPSA) is 67.0 Å². The van der Waals surface area contributed by atoms with Crippen LogP contribution in [0.2, 0.25) is 0 Å². The molecule has 0 aliphatic rings. The Kier molecular flexibility index (Phi) is 4.77. The predicted octanol–water partition coefficient (Wildman–Crippen LogP) is 2.39. The lowest BCUT2D eigenvalue weighted by Crippen LogP contribution is -2.23. The first-order valence-corrected chi connectivity index (χ1v) is 6.71. The number of carbonyl (C=O) groups is 1. The Morgan fingerprint density at radius 1 is 1.48 bits per heavy atom. The lowest BCUT2D eigenvalue weighted by molar-refractivity contribution is 0.0950. The van der Waals surface area contributed by atoms with Gasteiger partial charge < -0.3 is 10.1 Å². The molecule has 0 radical (unpaired) electrons. The highest BCUT2D eigenvalue weighted by Gasteiger charge is 2.10. The largest absolute Gasteiger partial charge is 0.496 e. The highest BCUT2D eigenvalue weighted by atomic mass is 16.5. The lowest BCUT2D eigenvalue weighted by Gasteiger charge is -2.09. The Morgan fingerprint density at radius 3 is 2.90 bits per heavy atom. The molecular formula is C16H19N3O2. The van der Waals surface area contributed by atoms with Crippen molar-refractivity contribution in [1.29, 1.82) is 0 Å². The number of aromatic nitrogens is 2. The van der Waals surface area contributed by atoms with E-state index in [4.69, 9.17) is 4.74 Å². The Bertz CT molecular complexity index is 647. The Hall–Kier alpha value is -2.56. The summed E-state index contributed by atoms with van der Waals surface area (Å²) in [6.07, 6.45) is 2.44. The van der Waals surface area contributed by atoms with Gasteiger partial charge in [-0.2, -0.15) is 5.10 Å². The fourth-order valence-electron chi connectivity index (χ4n) is 2.07. The normalized spacial score (nSPS) is 10.2. The molecule has 110 valence electrons. The van der Waals surface area contributed by atoms with Crippen LogP contribution < -0.4 is 10.1 Å². The zero-order valence-corrected chi connectivity index (χ0v) is 12.3. The number of rotatable bonds is 6. The van der Waals surface area contributed by atoms with Crippen molar-refractivity contribution < 1.29 is 9.53 Å². The lowest BCUT2D eigenvalue weighted by atomic mass is 10.1. The van der Waals surface area contributed by atoms with Crippen molar-refractivity contribution in [2.24, 2.45) is 0 Å². The van der Waals surface area contributed by atoms with Gasteiger partial charge in [0.25, 0.3) is 5.91 Å². The number of aryl methyl sites for hydroxylation is 1. The number of ether oxygens (including phenoxy) is 1. The molecule has 0 aliphatic heterocycles. The average molecular weight is 285 g/mol. The standard InChI is InChI=1S/C16H19N3O2/c1-4-5-12-9-13(6-7-15(12)21-3)16(20)17-10-14-8-11(2)18-19-14/h4,6-9H,1,5,10H2,2-3H3,(H,17,20)(H,18,19). The number of nitrogens with one attached hydrogen (secondary N) is 2. The smallest absolute Gasteiger partial charge is 0.251 e. The molecule has 5 heteroatoms. The number of benzene rings is 1. The highest BCUT2D eigenvalue weighted by molar-refractivity contribution is 5.94. The maximum absolute atomic E-state index is 12.2. The van der Waals surface area contributed by atoms with Gasteiger partial charge in [-0.25, -0.2) is 0 Å². The van der Waals surface area contributed by atoms with Crippen molar-refractivity contribution in [3.8, 4) is 5.75 Å². The molecule has 0 bridgehead atoms. The van der Waals surface area contributed by atoms with E-state index in [1.807, 2.05) is 19.1 Å². The third kappa shape index (κ3) is 3.72. The van der Waals surface area contributed by atoms with Crippen LogP contribution in [0.25, 0.3) is 0 Å². The Labute approximate surface area is 124 Å². The molecule has 0 saturated carbocycles. The third-order valence-electron chi connectivity index (χ3n) is 3.10. The van der Waals surface area contributed by atoms with Gasteiger partial charge in [-0.15, -0.1) is 6.58 Å². The minimum Gasteiger partial charge on any atom is -0.496 e. The van der Waals surface area contributed by atoms with Crippen molar-refractivity contribution >= 4 is 5.91 Å². The van der Waals surface area contributed by atoms with E-state index in [0.29, 0.717) is 18.5 Å². The fraction of sp³-hybridized carbons (Fsp3) is 0.250. The number of aromatic amines is 1. The molecule has 1 heterocycles. The second-order valence-electron chi connectivity index (χ2n) is 4.74. The van der Waals surface area contributed by atoms with Gasteiger partial charge in [0.15, 0.2) is 0 Å². The second-order valence-corrected chi connectivity index (χ2v) is 4.74. The molecule has 5 nitrogen and oxygen atoms in total. The van der Waals surface area contributed by atoms with Crippen LogP contribution in [-0.2, 0) is 13.0 Å². The van der Waals surface area contributed by atoms with Crippen molar-refractivity contribution in [2.45, 2.75) is 19.9 Å². The number of nitrogens with zero attached hydrogens (tertiary/aromatic N) is 1. The average Bonchev–Trinajstić information content (AvgIpc) is 2.90. The van der Waals surface area contributed by atoms with Gasteiger partial charge in [0.05, 0.1) is 19.3 Å². The first-order valence-electron chi connectivity index (χ1n) is 6.71. The number of carbonyl (C=O) groups excluding carboxylic acids is 1. The van der Waals surface area contributed by atoms with E-state index in [1.54, 1.807) is 25.3 Å². The molecule has 21 heavy (non-hydrogen) atoms. The maximum atomic E-state index is 12.2. The summed E-state index contributed by atoms with van der Waals surface area (Å²) in [4.78, 5) is 12.2. The number of hydrogen-bond acceptors (Lipinski definition) is 3. The van der Waals surface area contributed by atoms with E-state index >= 15 is 0 Å². The van der Waals surface area contributed by atoms with Crippen LogP contribution in [0.15, 0.2) is 36.9 Å². The quantitative estimate of drug-likeness (QED) is 0.801. The van der Waals surface area contributed by atoms with Crippen LogP contribution in [0.1, 0.15) is 27.3 Å². The van der Waals surface area contributed by atoms with Gasteiger partial charge in [0.2, 0.25) is 0 Å². The minimum absolute atomic E-state index is 0.136. The van der Waals surface area contributed by atoms with E-state index < -0.39 is 0 Å². The zero-order valence-electron chi connectivity index (χ0n) is 12.3. The monoisotopic (exact) mass is 285 g/mol. The highest BCUT2D eigenvalue weighted by Crippen LogP contribution is 2.20. The van der Waals surface area contributed by atoms with E-state index in [0.717, 1.165) is 22.7 Å². The van der Waals surface area contributed by atoms with Crippen LogP contribution in [0.3, 0.4) is 0 Å². The summed E-state index contributed by atoms with van der Waals surface area (Å²) in [5.41, 5.74) is 3.31. The SMILES string of the molecule is C=CCc1cc(C(=O)NCc2cc(C)[nH]n2)ccc1OC. The summed E-state index contributed by atoms with van der Waals surface area (Å²) >= 11 is 0. The first kappa shape index (κ1) is 14.8. The van der Waals surface area contributed by atoms with Crippen LogP contribution in [0, 0.1) is 6.92 Å². The van der Waals surface area contributed by atoms with Gasteiger partial charge in [0.1, 0.15) is 5.75 Å². The van der Waals surface area contributed by atoms with Gasteiger partial charge in [-0.05, 0) is 43.2 Å². The van der Waals surface area contributed by atoms with Crippen LogP contribution in [0.5, 0.6) is 5.75 Å². The summed E-state index contributed by atoms with van der Waals surface area (Å²) in [7, 11) is 1.61. The Balaban J connectivity index is 2.07. The molecule has 1 aromatic heterocycles. The fourth-order valence-corrected chi connectivity index (χ4v) is 2.07. The summed E-state index contributed by atoms with van der Waals surface area (Å²) < 4.78 is 5.27. The molecule has 0 atom stereocenters. The molecule has 1 aromatic carbocycles. The third-order valence-corrected chi connectivity index (χ3v) is 3.10. The molecular weight excluding hydrogens is 266 g/mol. The van der Waals surface area contributed by atoms with Crippen LogP contribution in [0.4, 0.5) is 0 Å². The van der Waals surface area contributed by atoms with Crippen molar-refractivity contribution in [1.82, 2.24) is 15.5 Å². The van der Waals surface area contributed by atoms with Crippen LogP contribution >= 0.6 is 0 Å². The zero-order chi connectivity index (χ0) is 15.2. The second kappa shape index (κ2) is 6.74. The van der Waals surface area contributed by atoms with Crippen LogP contribution in [-0.4, -0.2) is 23.2 Å². The van der Waals surface area contributed by atoms with E-state index in [-0.39, 0.29) is 5.91 Å². The molecule has 2 aromatic rings. The molecule has 0 unspecified atom stereocenters. The molecule has 2 rings (SSSR count). The van der Waals surface area contributed by atoms with Gasteiger partial charge in [-0.3, -0.25) is 9.89 Å². The predicted molar refractivity (Wildman–Crippen MR) is 81.4 cm³/mol. The van der Waals surface area contributed by atoms with E-state index in [9.17, 15) is 4.79 Å². The van der Waals surface area contributed by atoms with Crippen molar-refractivity contribution in [3.05, 3.63) is 59.4 Å².